The van der Waals surface area contributed by atoms with E-state index in [9.17, 15) is 4.79 Å². The standard InChI is InChI=1S/C18H29N3O3/c22-13-17-8-7-16(24-17)12-21-9-3-4-14(11-21)10-19-18(23)20-15-5-1-2-6-15/h7-8,14-15,22H,1-6,9-13H2,(H2,19,20,23)/t14-/m0/s1. The van der Waals surface area contributed by atoms with Crippen molar-refractivity contribution < 1.29 is 14.3 Å². The normalized spacial score (nSPS) is 22.6. The molecule has 1 saturated heterocycles. The first-order valence-electron chi connectivity index (χ1n) is 9.18. The van der Waals surface area contributed by atoms with Gasteiger partial charge in [-0.2, -0.15) is 0 Å². The zero-order valence-electron chi connectivity index (χ0n) is 14.3. The lowest BCUT2D eigenvalue weighted by atomic mass is 9.98. The third-order valence-corrected chi connectivity index (χ3v) is 5.10. The van der Waals surface area contributed by atoms with E-state index < -0.39 is 0 Å². The van der Waals surface area contributed by atoms with Crippen molar-refractivity contribution in [2.24, 2.45) is 5.92 Å². The molecule has 0 radical (unpaired) electrons. The summed E-state index contributed by atoms with van der Waals surface area (Å²) >= 11 is 0. The Kier molecular flexibility index (Phi) is 6.15. The molecule has 24 heavy (non-hydrogen) atoms. The van der Waals surface area contributed by atoms with Crippen LogP contribution >= 0.6 is 0 Å². The summed E-state index contributed by atoms with van der Waals surface area (Å²) in [5.41, 5.74) is 0. The topological polar surface area (TPSA) is 77.7 Å². The molecule has 2 aliphatic rings. The van der Waals surface area contributed by atoms with E-state index in [2.05, 4.69) is 15.5 Å². The molecule has 1 aromatic rings. The summed E-state index contributed by atoms with van der Waals surface area (Å²) < 4.78 is 5.57. The number of piperidine rings is 1. The fraction of sp³-hybridized carbons (Fsp3) is 0.722. The van der Waals surface area contributed by atoms with E-state index in [0.717, 1.165) is 57.6 Å². The summed E-state index contributed by atoms with van der Waals surface area (Å²) in [5, 5.41) is 15.2. The molecule has 0 bridgehead atoms. The van der Waals surface area contributed by atoms with Gasteiger partial charge in [-0.15, -0.1) is 0 Å². The van der Waals surface area contributed by atoms with Crippen LogP contribution in [-0.2, 0) is 13.2 Å². The Hall–Kier alpha value is -1.53. The zero-order valence-corrected chi connectivity index (χ0v) is 14.3. The number of urea groups is 1. The predicted molar refractivity (Wildman–Crippen MR) is 91.4 cm³/mol. The molecule has 2 amide bonds. The molecule has 1 aromatic heterocycles. The van der Waals surface area contributed by atoms with Crippen molar-refractivity contribution in [3.63, 3.8) is 0 Å². The van der Waals surface area contributed by atoms with E-state index in [1.165, 1.54) is 12.8 Å². The maximum Gasteiger partial charge on any atom is 0.315 e. The molecule has 0 unspecified atom stereocenters. The van der Waals surface area contributed by atoms with Crippen LogP contribution in [0.1, 0.15) is 50.0 Å². The lowest BCUT2D eigenvalue weighted by Crippen LogP contribution is -2.45. The van der Waals surface area contributed by atoms with Crippen LogP contribution in [0.3, 0.4) is 0 Å². The number of carbonyl (C=O) groups excluding carboxylic acids is 1. The molecule has 134 valence electrons. The SMILES string of the molecule is O=C(NC[C@@H]1CCCN(Cc2ccc(CO)o2)C1)NC1CCCC1. The van der Waals surface area contributed by atoms with Gasteiger partial charge in [0.1, 0.15) is 18.1 Å². The molecule has 2 heterocycles. The van der Waals surface area contributed by atoms with Gasteiger partial charge in [-0.25, -0.2) is 4.79 Å². The molecule has 6 nitrogen and oxygen atoms in total. The second kappa shape index (κ2) is 8.53. The van der Waals surface area contributed by atoms with Crippen molar-refractivity contribution in [1.82, 2.24) is 15.5 Å². The Labute approximate surface area is 143 Å². The summed E-state index contributed by atoms with van der Waals surface area (Å²) in [7, 11) is 0. The van der Waals surface area contributed by atoms with Gasteiger partial charge in [-0.3, -0.25) is 4.90 Å². The number of aliphatic hydroxyl groups excluding tert-OH is 1. The zero-order chi connectivity index (χ0) is 16.8. The first-order chi connectivity index (χ1) is 11.7. The molecule has 1 aliphatic carbocycles. The van der Waals surface area contributed by atoms with Crippen LogP contribution in [0.15, 0.2) is 16.5 Å². The van der Waals surface area contributed by atoms with Crippen LogP contribution in [0.25, 0.3) is 0 Å². The van der Waals surface area contributed by atoms with Crippen molar-refractivity contribution in [1.29, 1.82) is 0 Å². The average molecular weight is 335 g/mol. The van der Waals surface area contributed by atoms with Crippen molar-refractivity contribution >= 4 is 6.03 Å². The second-order valence-electron chi connectivity index (χ2n) is 7.11. The lowest BCUT2D eigenvalue weighted by Gasteiger charge is -2.32. The van der Waals surface area contributed by atoms with Gasteiger partial charge in [0.25, 0.3) is 0 Å². The molecule has 0 aromatic carbocycles. The van der Waals surface area contributed by atoms with Crippen LogP contribution in [0.5, 0.6) is 0 Å². The summed E-state index contributed by atoms with van der Waals surface area (Å²) in [6.45, 7) is 3.47. The van der Waals surface area contributed by atoms with Gasteiger partial charge < -0.3 is 20.2 Å². The minimum Gasteiger partial charge on any atom is -0.462 e. The first-order valence-corrected chi connectivity index (χ1v) is 9.18. The summed E-state index contributed by atoms with van der Waals surface area (Å²) in [6.07, 6.45) is 6.98. The first kappa shape index (κ1) is 17.3. The molecule has 6 heteroatoms. The maximum atomic E-state index is 12.0. The lowest BCUT2D eigenvalue weighted by molar-refractivity contribution is 0.152. The number of furan rings is 1. The maximum absolute atomic E-state index is 12.0. The highest BCUT2D eigenvalue weighted by Crippen LogP contribution is 2.20. The number of aliphatic hydroxyl groups is 1. The average Bonchev–Trinajstić information content (AvgIpc) is 3.25. The quantitative estimate of drug-likeness (QED) is 0.745. The Morgan fingerprint density at radius 2 is 2.00 bits per heavy atom. The second-order valence-corrected chi connectivity index (χ2v) is 7.11. The Morgan fingerprint density at radius 3 is 2.75 bits per heavy atom. The van der Waals surface area contributed by atoms with Gasteiger partial charge in [0.2, 0.25) is 0 Å². The highest BCUT2D eigenvalue weighted by molar-refractivity contribution is 5.74. The predicted octanol–water partition coefficient (Wildman–Crippen LogP) is 2.23. The molecule has 1 atom stereocenters. The summed E-state index contributed by atoms with van der Waals surface area (Å²) in [6, 6.07) is 4.11. The molecule has 1 aliphatic heterocycles. The minimum absolute atomic E-state index is 0.0161. The van der Waals surface area contributed by atoms with Crippen molar-refractivity contribution in [2.75, 3.05) is 19.6 Å². The van der Waals surface area contributed by atoms with Crippen LogP contribution < -0.4 is 10.6 Å². The van der Waals surface area contributed by atoms with E-state index in [1.807, 2.05) is 12.1 Å². The van der Waals surface area contributed by atoms with Crippen LogP contribution in [0.4, 0.5) is 4.79 Å². The highest BCUT2D eigenvalue weighted by Gasteiger charge is 2.22. The van der Waals surface area contributed by atoms with Gasteiger partial charge in [0.15, 0.2) is 0 Å². The smallest absolute Gasteiger partial charge is 0.315 e. The van der Waals surface area contributed by atoms with E-state index in [0.29, 0.717) is 17.7 Å². The van der Waals surface area contributed by atoms with Crippen LogP contribution in [0.2, 0.25) is 0 Å². The van der Waals surface area contributed by atoms with Gasteiger partial charge >= 0.3 is 6.03 Å². The Bertz CT molecular complexity index is 525. The van der Waals surface area contributed by atoms with E-state index in [1.54, 1.807) is 0 Å². The third-order valence-electron chi connectivity index (χ3n) is 5.10. The third kappa shape index (κ3) is 4.98. The van der Waals surface area contributed by atoms with Gasteiger partial charge in [-0.1, -0.05) is 12.8 Å². The van der Waals surface area contributed by atoms with Gasteiger partial charge in [0, 0.05) is 19.1 Å². The highest BCUT2D eigenvalue weighted by atomic mass is 16.4. The van der Waals surface area contributed by atoms with Crippen LogP contribution in [0, 0.1) is 5.92 Å². The number of amides is 2. The van der Waals surface area contributed by atoms with Crippen molar-refractivity contribution in [3.05, 3.63) is 23.7 Å². The fourth-order valence-corrected chi connectivity index (χ4v) is 3.82. The number of carbonyl (C=O) groups is 1. The number of likely N-dealkylation sites (tertiary alicyclic amines) is 1. The number of hydrogen-bond donors (Lipinski definition) is 3. The molecule has 1 saturated carbocycles. The Balaban J connectivity index is 1.39. The largest absolute Gasteiger partial charge is 0.462 e. The number of nitrogens with zero attached hydrogens (tertiary/aromatic N) is 1. The van der Waals surface area contributed by atoms with E-state index in [-0.39, 0.29) is 12.6 Å². The van der Waals surface area contributed by atoms with Gasteiger partial charge in [0.05, 0.1) is 6.54 Å². The molecular formula is C18H29N3O3. The number of rotatable bonds is 6. The monoisotopic (exact) mass is 335 g/mol. The van der Waals surface area contributed by atoms with E-state index in [4.69, 9.17) is 9.52 Å². The molecule has 0 spiro atoms. The summed E-state index contributed by atoms with van der Waals surface area (Å²) in [4.78, 5) is 14.3. The molecule has 3 rings (SSSR count). The fourth-order valence-electron chi connectivity index (χ4n) is 3.82. The van der Waals surface area contributed by atoms with E-state index >= 15 is 0 Å². The van der Waals surface area contributed by atoms with Crippen LogP contribution in [-0.4, -0.2) is 41.7 Å². The van der Waals surface area contributed by atoms with Crippen molar-refractivity contribution in [3.8, 4) is 0 Å². The summed E-state index contributed by atoms with van der Waals surface area (Å²) in [5.74, 6) is 2.00. The molecule has 3 N–H and O–H groups in total. The Morgan fingerprint density at radius 1 is 1.21 bits per heavy atom. The number of hydrogen-bond acceptors (Lipinski definition) is 4. The van der Waals surface area contributed by atoms with Crippen molar-refractivity contribution in [2.45, 2.75) is 57.7 Å². The van der Waals surface area contributed by atoms with Gasteiger partial charge in [-0.05, 0) is 50.3 Å². The molecular weight excluding hydrogens is 306 g/mol. The number of nitrogens with one attached hydrogen (secondary N) is 2. The molecule has 2 fully saturated rings. The minimum atomic E-state index is -0.0529.